The topological polar surface area (TPSA) is 82.3 Å². The Bertz CT molecular complexity index is 800. The SMILES string of the molecule is CCNC(=NCc1nc(-c2ccco2)n[nH]1)N(C)Cc1ccccc1.I. The fourth-order valence-corrected chi connectivity index (χ4v) is 2.43. The van der Waals surface area contributed by atoms with Crippen LogP contribution in [0.3, 0.4) is 0 Å². The summed E-state index contributed by atoms with van der Waals surface area (Å²) in [4.78, 5) is 11.1. The number of aromatic nitrogens is 3. The molecule has 0 saturated heterocycles. The lowest BCUT2D eigenvalue weighted by Gasteiger charge is -2.22. The van der Waals surface area contributed by atoms with Gasteiger partial charge in [-0.15, -0.1) is 29.1 Å². The molecule has 0 amide bonds. The second-order valence-corrected chi connectivity index (χ2v) is 5.59. The zero-order valence-electron chi connectivity index (χ0n) is 14.8. The van der Waals surface area contributed by atoms with Crippen LogP contribution >= 0.6 is 24.0 Å². The Balaban J connectivity index is 0.00000243. The molecule has 2 N–H and O–H groups in total. The molecule has 26 heavy (non-hydrogen) atoms. The molecule has 1 aromatic carbocycles. The molecule has 0 fully saturated rings. The van der Waals surface area contributed by atoms with Crippen LogP contribution < -0.4 is 5.32 Å². The number of hydrogen-bond donors (Lipinski definition) is 2. The zero-order valence-corrected chi connectivity index (χ0v) is 17.2. The third-order valence-corrected chi connectivity index (χ3v) is 3.61. The van der Waals surface area contributed by atoms with Crippen LogP contribution in [0, 0.1) is 0 Å². The minimum absolute atomic E-state index is 0. The zero-order chi connectivity index (χ0) is 17.5. The number of H-pyrrole nitrogens is 1. The van der Waals surface area contributed by atoms with E-state index in [0.29, 0.717) is 24.0 Å². The van der Waals surface area contributed by atoms with Crippen molar-refractivity contribution in [3.63, 3.8) is 0 Å². The lowest BCUT2D eigenvalue weighted by atomic mass is 10.2. The van der Waals surface area contributed by atoms with E-state index in [1.807, 2.05) is 37.4 Å². The number of benzene rings is 1. The van der Waals surface area contributed by atoms with Gasteiger partial charge in [-0.2, -0.15) is 0 Å². The van der Waals surface area contributed by atoms with Crippen LogP contribution in [-0.2, 0) is 13.1 Å². The number of aromatic amines is 1. The number of nitrogens with one attached hydrogen (secondary N) is 2. The van der Waals surface area contributed by atoms with Gasteiger partial charge in [-0.25, -0.2) is 9.98 Å². The van der Waals surface area contributed by atoms with Crippen LogP contribution in [0.1, 0.15) is 18.3 Å². The van der Waals surface area contributed by atoms with Crippen molar-refractivity contribution >= 4 is 29.9 Å². The van der Waals surface area contributed by atoms with Gasteiger partial charge in [0.15, 0.2) is 11.7 Å². The number of nitrogens with zero attached hydrogens (tertiary/aromatic N) is 4. The van der Waals surface area contributed by atoms with Crippen LogP contribution in [0.25, 0.3) is 11.6 Å². The molecule has 0 unspecified atom stereocenters. The first-order valence-corrected chi connectivity index (χ1v) is 8.24. The Morgan fingerprint density at radius 1 is 1.23 bits per heavy atom. The third kappa shape index (κ3) is 5.32. The highest BCUT2D eigenvalue weighted by molar-refractivity contribution is 14.0. The smallest absolute Gasteiger partial charge is 0.216 e. The number of furan rings is 1. The predicted molar refractivity (Wildman–Crippen MR) is 112 cm³/mol. The van der Waals surface area contributed by atoms with Gasteiger partial charge in [-0.3, -0.25) is 5.10 Å². The maximum atomic E-state index is 5.30. The fourth-order valence-electron chi connectivity index (χ4n) is 2.43. The van der Waals surface area contributed by atoms with Gasteiger partial charge in [0.25, 0.3) is 0 Å². The van der Waals surface area contributed by atoms with Crippen molar-refractivity contribution in [3.05, 3.63) is 60.1 Å². The number of hydrogen-bond acceptors (Lipinski definition) is 4. The van der Waals surface area contributed by atoms with Crippen LogP contribution in [0.5, 0.6) is 0 Å². The molecule has 3 aromatic rings. The summed E-state index contributed by atoms with van der Waals surface area (Å²) in [5, 5.41) is 10.4. The summed E-state index contributed by atoms with van der Waals surface area (Å²) in [5.41, 5.74) is 1.23. The first-order chi connectivity index (χ1) is 12.3. The summed E-state index contributed by atoms with van der Waals surface area (Å²) in [6.45, 7) is 4.04. The number of guanidine groups is 1. The Kier molecular flexibility index (Phi) is 7.64. The molecule has 3 rings (SSSR count). The Labute approximate surface area is 169 Å². The maximum Gasteiger partial charge on any atom is 0.216 e. The monoisotopic (exact) mass is 466 g/mol. The molecule has 7 nitrogen and oxygen atoms in total. The van der Waals surface area contributed by atoms with Crippen molar-refractivity contribution in [2.45, 2.75) is 20.0 Å². The van der Waals surface area contributed by atoms with E-state index < -0.39 is 0 Å². The molecule has 0 bridgehead atoms. The molecule has 0 saturated carbocycles. The molecule has 0 aliphatic rings. The highest BCUT2D eigenvalue weighted by Gasteiger charge is 2.10. The van der Waals surface area contributed by atoms with Gasteiger partial charge in [0, 0.05) is 20.1 Å². The maximum absolute atomic E-state index is 5.30. The van der Waals surface area contributed by atoms with Gasteiger partial charge >= 0.3 is 0 Å². The van der Waals surface area contributed by atoms with Crippen molar-refractivity contribution < 1.29 is 4.42 Å². The van der Waals surface area contributed by atoms with Crippen LogP contribution in [0.4, 0.5) is 0 Å². The lowest BCUT2D eigenvalue weighted by Crippen LogP contribution is -2.38. The van der Waals surface area contributed by atoms with Gasteiger partial charge in [-0.05, 0) is 24.6 Å². The van der Waals surface area contributed by atoms with E-state index in [9.17, 15) is 0 Å². The van der Waals surface area contributed by atoms with E-state index >= 15 is 0 Å². The highest BCUT2D eigenvalue weighted by Crippen LogP contribution is 2.14. The third-order valence-electron chi connectivity index (χ3n) is 3.61. The molecule has 2 aromatic heterocycles. The summed E-state index contributed by atoms with van der Waals surface area (Å²) in [5.74, 6) is 2.69. The second kappa shape index (κ2) is 9.95. The summed E-state index contributed by atoms with van der Waals surface area (Å²) >= 11 is 0. The average molecular weight is 466 g/mol. The summed E-state index contributed by atoms with van der Waals surface area (Å²) in [6, 6.07) is 13.9. The normalized spacial score (nSPS) is 11.1. The molecule has 0 radical (unpaired) electrons. The van der Waals surface area contributed by atoms with Gasteiger partial charge in [0.1, 0.15) is 12.4 Å². The predicted octanol–water partition coefficient (Wildman–Crippen LogP) is 3.28. The molecular formula is C18H23IN6O. The Morgan fingerprint density at radius 2 is 2.04 bits per heavy atom. The van der Waals surface area contributed by atoms with E-state index in [4.69, 9.17) is 4.42 Å². The standard InChI is InChI=1S/C18H22N6O.HI/c1-3-19-18(24(2)13-14-8-5-4-6-9-14)20-12-16-21-17(23-22-16)15-10-7-11-25-15;/h4-11H,3,12-13H2,1-2H3,(H,19,20)(H,21,22,23);1H. The van der Waals surface area contributed by atoms with Crippen molar-refractivity contribution in [3.8, 4) is 11.6 Å². The minimum Gasteiger partial charge on any atom is -0.461 e. The number of aliphatic imine (C=N–C) groups is 1. The number of halogens is 1. The van der Waals surface area contributed by atoms with Gasteiger partial charge in [-0.1, -0.05) is 30.3 Å². The second-order valence-electron chi connectivity index (χ2n) is 5.59. The molecule has 138 valence electrons. The molecular weight excluding hydrogens is 443 g/mol. The Morgan fingerprint density at radius 3 is 2.73 bits per heavy atom. The van der Waals surface area contributed by atoms with Crippen molar-refractivity contribution in [1.82, 2.24) is 25.4 Å². The average Bonchev–Trinajstić information content (AvgIpc) is 3.30. The number of rotatable bonds is 6. The first-order valence-electron chi connectivity index (χ1n) is 8.24. The largest absolute Gasteiger partial charge is 0.461 e. The van der Waals surface area contributed by atoms with E-state index in [2.05, 4.69) is 49.4 Å². The van der Waals surface area contributed by atoms with Crippen molar-refractivity contribution in [2.24, 2.45) is 4.99 Å². The lowest BCUT2D eigenvalue weighted by molar-refractivity contribution is 0.476. The molecule has 0 aliphatic heterocycles. The minimum atomic E-state index is 0. The molecule has 0 atom stereocenters. The van der Waals surface area contributed by atoms with E-state index in [1.54, 1.807) is 6.26 Å². The van der Waals surface area contributed by atoms with Crippen LogP contribution in [0.15, 0.2) is 58.1 Å². The fraction of sp³-hybridized carbons (Fsp3) is 0.278. The molecule has 2 heterocycles. The quantitative estimate of drug-likeness (QED) is 0.331. The highest BCUT2D eigenvalue weighted by atomic mass is 127. The molecule has 0 spiro atoms. The van der Waals surface area contributed by atoms with Crippen LogP contribution in [0.2, 0.25) is 0 Å². The molecule has 8 heteroatoms. The van der Waals surface area contributed by atoms with E-state index in [-0.39, 0.29) is 24.0 Å². The summed E-state index contributed by atoms with van der Waals surface area (Å²) in [7, 11) is 2.02. The summed E-state index contributed by atoms with van der Waals surface area (Å²) < 4.78 is 5.30. The van der Waals surface area contributed by atoms with Crippen molar-refractivity contribution in [1.29, 1.82) is 0 Å². The van der Waals surface area contributed by atoms with Crippen molar-refractivity contribution in [2.75, 3.05) is 13.6 Å². The summed E-state index contributed by atoms with van der Waals surface area (Å²) in [6.07, 6.45) is 1.60. The first kappa shape index (κ1) is 20.0. The Hall–Kier alpha value is -2.36. The van der Waals surface area contributed by atoms with E-state index in [0.717, 1.165) is 19.0 Å². The van der Waals surface area contributed by atoms with Gasteiger partial charge in [0.2, 0.25) is 5.82 Å². The van der Waals surface area contributed by atoms with Gasteiger partial charge in [0.05, 0.1) is 6.26 Å². The van der Waals surface area contributed by atoms with Crippen LogP contribution in [-0.4, -0.2) is 39.6 Å². The molecule has 0 aliphatic carbocycles. The van der Waals surface area contributed by atoms with E-state index in [1.165, 1.54) is 5.56 Å². The van der Waals surface area contributed by atoms with Gasteiger partial charge < -0.3 is 14.6 Å².